The number of alkyl halides is 1. The SMILES string of the molecule is O=S1(=O)CCC(C(Cl)c2ccc(Cl)c(F)c2)C1. The predicted octanol–water partition coefficient (Wildman–Crippen LogP) is 3.19. The van der Waals surface area contributed by atoms with Gasteiger partial charge in [-0.2, -0.15) is 0 Å². The highest BCUT2D eigenvalue weighted by Crippen LogP contribution is 2.37. The number of hydrogen-bond donors (Lipinski definition) is 0. The van der Waals surface area contributed by atoms with Crippen molar-refractivity contribution >= 4 is 33.0 Å². The zero-order valence-electron chi connectivity index (χ0n) is 8.87. The lowest BCUT2D eigenvalue weighted by atomic mass is 9.98. The van der Waals surface area contributed by atoms with E-state index in [1.807, 2.05) is 0 Å². The van der Waals surface area contributed by atoms with Gasteiger partial charge in [0, 0.05) is 0 Å². The molecule has 0 N–H and O–H groups in total. The molecule has 2 atom stereocenters. The van der Waals surface area contributed by atoms with Gasteiger partial charge >= 0.3 is 0 Å². The largest absolute Gasteiger partial charge is 0.229 e. The summed E-state index contributed by atoms with van der Waals surface area (Å²) in [6, 6.07) is 4.34. The van der Waals surface area contributed by atoms with Gasteiger partial charge in [-0.3, -0.25) is 0 Å². The summed E-state index contributed by atoms with van der Waals surface area (Å²) in [6.07, 6.45) is 0.529. The van der Waals surface area contributed by atoms with Crippen LogP contribution >= 0.6 is 23.2 Å². The molecular weight excluding hydrogens is 286 g/mol. The van der Waals surface area contributed by atoms with Crippen LogP contribution in [0.4, 0.5) is 4.39 Å². The standard InChI is InChI=1S/C11H11Cl2FO2S/c12-9-2-1-7(5-10(9)14)11(13)8-3-4-17(15,16)6-8/h1-2,5,8,11H,3-4,6H2. The van der Waals surface area contributed by atoms with Gasteiger partial charge in [0.15, 0.2) is 9.84 Å². The summed E-state index contributed by atoms with van der Waals surface area (Å²) < 4.78 is 36.0. The first-order valence-corrected chi connectivity index (χ1v) is 7.82. The number of benzene rings is 1. The maximum absolute atomic E-state index is 13.3. The lowest BCUT2D eigenvalue weighted by molar-refractivity contribution is 0.563. The summed E-state index contributed by atoms with van der Waals surface area (Å²) in [5.74, 6) is -0.444. The van der Waals surface area contributed by atoms with Crippen LogP contribution in [0.1, 0.15) is 17.4 Å². The average Bonchev–Trinajstić information content (AvgIpc) is 2.62. The van der Waals surface area contributed by atoms with E-state index in [9.17, 15) is 12.8 Å². The van der Waals surface area contributed by atoms with Crippen LogP contribution in [0.15, 0.2) is 18.2 Å². The molecule has 0 amide bonds. The highest BCUT2D eigenvalue weighted by atomic mass is 35.5. The van der Waals surface area contributed by atoms with Crippen molar-refractivity contribution in [3.63, 3.8) is 0 Å². The molecule has 1 fully saturated rings. The molecule has 0 aliphatic carbocycles. The zero-order chi connectivity index (χ0) is 12.6. The van der Waals surface area contributed by atoms with E-state index >= 15 is 0 Å². The van der Waals surface area contributed by atoms with E-state index in [0.717, 1.165) is 0 Å². The van der Waals surface area contributed by atoms with Crippen molar-refractivity contribution in [2.45, 2.75) is 11.8 Å². The van der Waals surface area contributed by atoms with E-state index < -0.39 is 21.0 Å². The minimum Gasteiger partial charge on any atom is -0.229 e. The van der Waals surface area contributed by atoms with Crippen LogP contribution in [0.2, 0.25) is 5.02 Å². The molecule has 0 spiro atoms. The van der Waals surface area contributed by atoms with E-state index in [4.69, 9.17) is 23.2 Å². The third kappa shape index (κ3) is 2.92. The first-order chi connectivity index (χ1) is 7.89. The highest BCUT2D eigenvalue weighted by molar-refractivity contribution is 7.91. The van der Waals surface area contributed by atoms with E-state index in [0.29, 0.717) is 12.0 Å². The maximum Gasteiger partial charge on any atom is 0.150 e. The summed E-state index contributed by atoms with van der Waals surface area (Å²) in [5, 5.41) is -0.448. The number of sulfone groups is 1. The summed E-state index contributed by atoms with van der Waals surface area (Å²) in [6.45, 7) is 0. The Bertz CT molecular complexity index is 530. The van der Waals surface area contributed by atoms with Crippen LogP contribution in [-0.4, -0.2) is 19.9 Å². The van der Waals surface area contributed by atoms with Crippen molar-refractivity contribution in [1.82, 2.24) is 0 Å². The molecule has 94 valence electrons. The normalized spacial score (nSPS) is 24.8. The molecule has 2 unspecified atom stereocenters. The van der Waals surface area contributed by atoms with E-state index in [-0.39, 0.29) is 22.4 Å². The topological polar surface area (TPSA) is 34.1 Å². The van der Waals surface area contributed by atoms with Gasteiger partial charge < -0.3 is 0 Å². The Hall–Kier alpha value is -0.320. The van der Waals surface area contributed by atoms with Crippen LogP contribution in [0, 0.1) is 11.7 Å². The van der Waals surface area contributed by atoms with Crippen molar-refractivity contribution in [3.05, 3.63) is 34.6 Å². The van der Waals surface area contributed by atoms with Crippen molar-refractivity contribution < 1.29 is 12.8 Å². The molecule has 0 bridgehead atoms. The summed E-state index contributed by atoms with van der Waals surface area (Å²) >= 11 is 11.8. The molecule has 1 aromatic carbocycles. The van der Waals surface area contributed by atoms with Crippen LogP contribution in [-0.2, 0) is 9.84 Å². The Kier molecular flexibility index (Phi) is 3.66. The second-order valence-electron chi connectivity index (χ2n) is 4.24. The van der Waals surface area contributed by atoms with Gasteiger partial charge in [-0.05, 0) is 30.0 Å². The van der Waals surface area contributed by atoms with Gasteiger partial charge in [0.1, 0.15) is 5.82 Å². The van der Waals surface area contributed by atoms with Gasteiger partial charge in [0.25, 0.3) is 0 Å². The molecule has 2 rings (SSSR count). The molecule has 1 aliphatic heterocycles. The summed E-state index contributed by atoms with van der Waals surface area (Å²) in [4.78, 5) is 0. The average molecular weight is 297 g/mol. The van der Waals surface area contributed by atoms with Gasteiger partial charge in [0.2, 0.25) is 0 Å². The molecule has 1 saturated heterocycles. The van der Waals surface area contributed by atoms with Gasteiger partial charge in [-0.1, -0.05) is 17.7 Å². The maximum atomic E-state index is 13.3. The zero-order valence-corrected chi connectivity index (χ0v) is 11.2. The van der Waals surface area contributed by atoms with Crippen molar-refractivity contribution in [3.8, 4) is 0 Å². The molecule has 6 heteroatoms. The molecule has 2 nitrogen and oxygen atoms in total. The monoisotopic (exact) mass is 296 g/mol. The minimum absolute atomic E-state index is 0.0386. The third-order valence-electron chi connectivity index (χ3n) is 2.94. The van der Waals surface area contributed by atoms with Crippen LogP contribution < -0.4 is 0 Å². The quantitative estimate of drug-likeness (QED) is 0.786. The first-order valence-electron chi connectivity index (χ1n) is 5.18. The predicted molar refractivity (Wildman–Crippen MR) is 66.8 cm³/mol. The van der Waals surface area contributed by atoms with Crippen LogP contribution in [0.5, 0.6) is 0 Å². The van der Waals surface area contributed by atoms with Crippen LogP contribution in [0.25, 0.3) is 0 Å². The second kappa shape index (κ2) is 4.75. The molecule has 0 saturated carbocycles. The number of hydrogen-bond acceptors (Lipinski definition) is 2. The lowest BCUT2D eigenvalue weighted by Gasteiger charge is -2.16. The Balaban J connectivity index is 2.20. The van der Waals surface area contributed by atoms with E-state index in [1.54, 1.807) is 6.07 Å². The van der Waals surface area contributed by atoms with Crippen LogP contribution in [0.3, 0.4) is 0 Å². The fraction of sp³-hybridized carbons (Fsp3) is 0.455. The molecule has 1 aromatic rings. The molecule has 17 heavy (non-hydrogen) atoms. The Morgan fingerprint density at radius 1 is 1.41 bits per heavy atom. The highest BCUT2D eigenvalue weighted by Gasteiger charge is 2.33. The number of rotatable bonds is 2. The summed E-state index contributed by atoms with van der Waals surface area (Å²) in [5.41, 5.74) is 0.579. The van der Waals surface area contributed by atoms with E-state index in [2.05, 4.69) is 0 Å². The van der Waals surface area contributed by atoms with E-state index in [1.165, 1.54) is 12.1 Å². The molecule has 0 radical (unpaired) electrons. The third-order valence-corrected chi connectivity index (χ3v) is 5.65. The molecular formula is C11H11Cl2FO2S. The first kappa shape index (κ1) is 13.1. The molecule has 1 heterocycles. The molecule has 0 aromatic heterocycles. The van der Waals surface area contributed by atoms with Crippen molar-refractivity contribution in [2.75, 3.05) is 11.5 Å². The Labute approximate surface area is 110 Å². The smallest absolute Gasteiger partial charge is 0.150 e. The van der Waals surface area contributed by atoms with Gasteiger partial charge in [-0.25, -0.2) is 12.8 Å². The Morgan fingerprint density at radius 3 is 2.65 bits per heavy atom. The fourth-order valence-corrected chi connectivity index (χ4v) is 4.42. The lowest BCUT2D eigenvalue weighted by Crippen LogP contribution is -2.10. The summed E-state index contributed by atoms with van der Waals surface area (Å²) in [7, 11) is -2.97. The van der Waals surface area contributed by atoms with Gasteiger partial charge in [-0.15, -0.1) is 11.6 Å². The number of halogens is 3. The van der Waals surface area contributed by atoms with Gasteiger partial charge in [0.05, 0.1) is 21.9 Å². The fourth-order valence-electron chi connectivity index (χ4n) is 2.01. The minimum atomic E-state index is -2.97. The Morgan fingerprint density at radius 2 is 2.12 bits per heavy atom. The van der Waals surface area contributed by atoms with Crippen molar-refractivity contribution in [2.24, 2.45) is 5.92 Å². The second-order valence-corrected chi connectivity index (χ2v) is 7.34. The molecule has 1 aliphatic rings. The van der Waals surface area contributed by atoms with Crippen molar-refractivity contribution in [1.29, 1.82) is 0 Å².